The molecule has 1 aliphatic heterocycles. The van der Waals surface area contributed by atoms with Crippen LogP contribution >= 0.6 is 0 Å². The second kappa shape index (κ2) is 9.84. The van der Waals surface area contributed by atoms with Crippen molar-refractivity contribution in [2.24, 2.45) is 0 Å². The van der Waals surface area contributed by atoms with Crippen LogP contribution in [0.5, 0.6) is 0 Å². The molecule has 2 heterocycles. The van der Waals surface area contributed by atoms with Gasteiger partial charge in [0.05, 0.1) is 22.8 Å². The molecule has 34 heavy (non-hydrogen) atoms. The molecule has 2 amide bonds. The van der Waals surface area contributed by atoms with Crippen LogP contribution in [0.2, 0.25) is 0 Å². The lowest BCUT2D eigenvalue weighted by atomic mass is 10.1. The minimum Gasteiger partial charge on any atom is -0.372 e. The van der Waals surface area contributed by atoms with Crippen LogP contribution in [0.4, 0.5) is 5.69 Å². The molecule has 0 radical (unpaired) electrons. The van der Waals surface area contributed by atoms with Gasteiger partial charge >= 0.3 is 0 Å². The lowest BCUT2D eigenvalue weighted by Crippen LogP contribution is -2.48. The lowest BCUT2D eigenvalue weighted by molar-refractivity contribution is -0.384. The van der Waals surface area contributed by atoms with E-state index < -0.39 is 4.92 Å². The lowest BCUT2D eigenvalue weighted by Gasteiger charge is -2.35. The second-order valence-electron chi connectivity index (χ2n) is 8.27. The van der Waals surface area contributed by atoms with Gasteiger partial charge in [0.2, 0.25) is 0 Å². The van der Waals surface area contributed by atoms with Crippen LogP contribution < -0.4 is 5.32 Å². The number of morpholine rings is 1. The van der Waals surface area contributed by atoms with Crippen LogP contribution in [0.15, 0.2) is 60.8 Å². The van der Waals surface area contributed by atoms with Crippen LogP contribution in [0.25, 0.3) is 5.69 Å². The Kier molecular flexibility index (Phi) is 6.69. The van der Waals surface area contributed by atoms with Gasteiger partial charge in [0.1, 0.15) is 0 Å². The molecule has 1 aromatic heterocycles. The van der Waals surface area contributed by atoms with Crippen molar-refractivity contribution < 1.29 is 19.2 Å². The van der Waals surface area contributed by atoms with Crippen molar-refractivity contribution >= 4 is 17.5 Å². The summed E-state index contributed by atoms with van der Waals surface area (Å²) in [6.07, 6.45) is 1.58. The summed E-state index contributed by atoms with van der Waals surface area (Å²) in [5.74, 6) is -0.412. The number of nitrogens with one attached hydrogen (secondary N) is 1. The van der Waals surface area contributed by atoms with Crippen molar-refractivity contribution in [2.75, 3.05) is 13.1 Å². The quantitative estimate of drug-likeness (QED) is 0.443. The SMILES string of the molecule is CC1CN(C(=O)c2ccc(CNC(=O)c3ccn(-c4cccc([N+](=O)[O-])c4)n3)cc2)CC(C)O1. The topological polar surface area (TPSA) is 120 Å². The standard InChI is InChI=1S/C24H25N5O5/c1-16-14-27(15-17(2)34-16)24(31)19-8-6-18(7-9-19)13-25-23(30)22-10-11-28(26-22)20-4-3-5-21(12-20)29(32)33/h3-12,16-17H,13-15H2,1-2H3,(H,25,30). The number of carbonyl (C=O) groups is 2. The zero-order valence-electron chi connectivity index (χ0n) is 18.9. The van der Waals surface area contributed by atoms with Crippen LogP contribution in [-0.4, -0.2) is 56.7 Å². The summed E-state index contributed by atoms with van der Waals surface area (Å²) < 4.78 is 7.10. The fourth-order valence-electron chi connectivity index (χ4n) is 3.90. The molecule has 4 rings (SSSR count). The summed E-state index contributed by atoms with van der Waals surface area (Å²) in [4.78, 5) is 37.6. The molecule has 0 spiro atoms. The number of ether oxygens (including phenoxy) is 1. The summed E-state index contributed by atoms with van der Waals surface area (Å²) in [5, 5.41) is 18.0. The van der Waals surface area contributed by atoms with Crippen LogP contribution in [0, 0.1) is 10.1 Å². The van der Waals surface area contributed by atoms with Crippen LogP contribution in [-0.2, 0) is 11.3 Å². The Morgan fingerprint density at radius 2 is 1.82 bits per heavy atom. The Hall–Kier alpha value is -4.05. The fourth-order valence-corrected chi connectivity index (χ4v) is 3.90. The van der Waals surface area contributed by atoms with Gasteiger partial charge in [-0.15, -0.1) is 0 Å². The summed E-state index contributed by atoms with van der Waals surface area (Å²) >= 11 is 0. The Balaban J connectivity index is 1.35. The first-order valence-corrected chi connectivity index (χ1v) is 10.9. The van der Waals surface area contributed by atoms with E-state index in [9.17, 15) is 19.7 Å². The van der Waals surface area contributed by atoms with Crippen LogP contribution in [0.1, 0.15) is 40.3 Å². The maximum Gasteiger partial charge on any atom is 0.272 e. The molecule has 0 bridgehead atoms. The Morgan fingerprint density at radius 1 is 1.12 bits per heavy atom. The van der Waals surface area contributed by atoms with Gasteiger partial charge in [-0.25, -0.2) is 4.68 Å². The molecule has 1 aliphatic rings. The molecule has 10 heteroatoms. The van der Waals surface area contributed by atoms with Gasteiger partial charge < -0.3 is 15.0 Å². The predicted molar refractivity (Wildman–Crippen MR) is 124 cm³/mol. The van der Waals surface area contributed by atoms with E-state index in [4.69, 9.17) is 4.74 Å². The van der Waals surface area contributed by atoms with Gasteiger partial charge in [0, 0.05) is 43.5 Å². The molecule has 1 fully saturated rings. The minimum atomic E-state index is -0.485. The molecule has 10 nitrogen and oxygen atoms in total. The van der Waals surface area contributed by atoms with E-state index in [1.54, 1.807) is 41.4 Å². The number of hydrogen-bond acceptors (Lipinski definition) is 6. The zero-order valence-corrected chi connectivity index (χ0v) is 18.9. The van der Waals surface area contributed by atoms with E-state index in [2.05, 4.69) is 10.4 Å². The average molecular weight is 463 g/mol. The number of hydrogen-bond donors (Lipinski definition) is 1. The monoisotopic (exact) mass is 463 g/mol. The smallest absolute Gasteiger partial charge is 0.272 e. The Morgan fingerprint density at radius 3 is 2.50 bits per heavy atom. The highest BCUT2D eigenvalue weighted by molar-refractivity contribution is 5.94. The minimum absolute atomic E-state index is 0.00247. The number of carbonyl (C=O) groups excluding carboxylic acids is 2. The van der Waals surface area contributed by atoms with E-state index in [-0.39, 0.29) is 41.9 Å². The highest BCUT2D eigenvalue weighted by Gasteiger charge is 2.26. The van der Waals surface area contributed by atoms with Crippen molar-refractivity contribution in [3.8, 4) is 5.69 Å². The van der Waals surface area contributed by atoms with Crippen molar-refractivity contribution in [2.45, 2.75) is 32.6 Å². The molecule has 1 N–H and O–H groups in total. The van der Waals surface area contributed by atoms with Crippen LogP contribution in [0.3, 0.4) is 0 Å². The molecular formula is C24H25N5O5. The van der Waals surface area contributed by atoms with E-state index in [1.807, 2.05) is 26.0 Å². The first-order chi connectivity index (χ1) is 16.3. The van der Waals surface area contributed by atoms with Gasteiger partial charge in [-0.3, -0.25) is 19.7 Å². The number of benzene rings is 2. The Bertz CT molecular complexity index is 1200. The first-order valence-electron chi connectivity index (χ1n) is 10.9. The number of nitro benzene ring substituents is 1. The highest BCUT2D eigenvalue weighted by Crippen LogP contribution is 2.17. The second-order valence-corrected chi connectivity index (χ2v) is 8.27. The third-order valence-electron chi connectivity index (χ3n) is 5.49. The summed E-state index contributed by atoms with van der Waals surface area (Å²) in [5.41, 5.74) is 2.05. The molecule has 2 atom stereocenters. The third kappa shape index (κ3) is 5.29. The molecular weight excluding hydrogens is 438 g/mol. The number of rotatable bonds is 6. The molecule has 2 aromatic carbocycles. The molecule has 2 unspecified atom stereocenters. The summed E-state index contributed by atoms with van der Waals surface area (Å²) in [6, 6.07) is 14.7. The number of nitrogens with zero attached hydrogens (tertiary/aromatic N) is 4. The van der Waals surface area contributed by atoms with Crippen molar-refractivity contribution in [1.82, 2.24) is 20.0 Å². The van der Waals surface area contributed by atoms with Crippen molar-refractivity contribution in [3.63, 3.8) is 0 Å². The van der Waals surface area contributed by atoms with E-state index in [0.29, 0.717) is 24.3 Å². The first kappa shape index (κ1) is 23.1. The highest BCUT2D eigenvalue weighted by atomic mass is 16.6. The maximum absolute atomic E-state index is 12.8. The molecule has 1 saturated heterocycles. The molecule has 176 valence electrons. The van der Waals surface area contributed by atoms with Gasteiger partial charge in [0.15, 0.2) is 5.69 Å². The fraction of sp³-hybridized carbons (Fsp3) is 0.292. The van der Waals surface area contributed by atoms with E-state index >= 15 is 0 Å². The van der Waals surface area contributed by atoms with Crippen molar-refractivity contribution in [1.29, 1.82) is 0 Å². The van der Waals surface area contributed by atoms with Crippen molar-refractivity contribution in [3.05, 3.63) is 87.7 Å². The Labute approximate surface area is 196 Å². The number of nitro groups is 1. The third-order valence-corrected chi connectivity index (χ3v) is 5.49. The summed E-state index contributed by atoms with van der Waals surface area (Å²) in [6.45, 7) is 5.29. The number of aromatic nitrogens is 2. The number of amides is 2. The molecule has 0 aliphatic carbocycles. The predicted octanol–water partition coefficient (Wildman–Crippen LogP) is 2.96. The van der Waals surface area contributed by atoms with Gasteiger partial charge in [-0.2, -0.15) is 5.10 Å². The van der Waals surface area contributed by atoms with Gasteiger partial charge in [0.25, 0.3) is 17.5 Å². The summed E-state index contributed by atoms with van der Waals surface area (Å²) in [7, 11) is 0. The zero-order chi connectivity index (χ0) is 24.2. The van der Waals surface area contributed by atoms with E-state index in [0.717, 1.165) is 5.56 Å². The maximum atomic E-state index is 12.8. The number of non-ortho nitro benzene ring substituents is 1. The van der Waals surface area contributed by atoms with Gasteiger partial charge in [-0.1, -0.05) is 18.2 Å². The van der Waals surface area contributed by atoms with E-state index in [1.165, 1.54) is 16.8 Å². The largest absolute Gasteiger partial charge is 0.372 e. The molecule has 0 saturated carbocycles. The van der Waals surface area contributed by atoms with Gasteiger partial charge in [-0.05, 0) is 43.7 Å². The molecule has 3 aromatic rings. The average Bonchev–Trinajstić information content (AvgIpc) is 3.32. The normalized spacial score (nSPS) is 17.9.